The van der Waals surface area contributed by atoms with Gasteiger partial charge in [0.25, 0.3) is 0 Å². The lowest BCUT2D eigenvalue weighted by Crippen LogP contribution is -2.49. The van der Waals surface area contributed by atoms with Gasteiger partial charge >= 0.3 is 0 Å². The number of anilines is 1. The summed E-state index contributed by atoms with van der Waals surface area (Å²) >= 11 is 0. The number of aromatic nitrogens is 2. The number of nitrogens with zero attached hydrogens (tertiary/aromatic N) is 4. The molecule has 1 aliphatic rings. The fourth-order valence-electron chi connectivity index (χ4n) is 3.67. The highest BCUT2D eigenvalue weighted by molar-refractivity contribution is 7.89. The van der Waals surface area contributed by atoms with E-state index >= 15 is 0 Å². The summed E-state index contributed by atoms with van der Waals surface area (Å²) in [4.78, 5) is 10.4. The van der Waals surface area contributed by atoms with Crippen LogP contribution in [-0.2, 0) is 10.0 Å². The van der Waals surface area contributed by atoms with E-state index in [0.29, 0.717) is 24.5 Å². The van der Waals surface area contributed by atoms with Gasteiger partial charge in [-0.05, 0) is 24.3 Å². The molecule has 0 saturated carbocycles. The minimum Gasteiger partial charge on any atom is -0.450 e. The predicted molar refractivity (Wildman–Crippen MR) is 107 cm³/mol. The van der Waals surface area contributed by atoms with Gasteiger partial charge in [0.2, 0.25) is 10.0 Å². The van der Waals surface area contributed by atoms with Crippen LogP contribution in [0.25, 0.3) is 22.1 Å². The minimum absolute atomic E-state index is 0.225. The fraction of sp³-hybridized carbons (Fsp3) is 0.200. The third-order valence-corrected chi connectivity index (χ3v) is 7.06. The van der Waals surface area contributed by atoms with Crippen molar-refractivity contribution in [3.05, 3.63) is 60.7 Å². The lowest BCUT2D eigenvalue weighted by Gasteiger charge is -2.34. The van der Waals surface area contributed by atoms with Crippen LogP contribution in [0.4, 0.5) is 10.2 Å². The number of fused-ring (bicyclic) bond motifs is 3. The third kappa shape index (κ3) is 2.93. The molecule has 148 valence electrons. The maximum absolute atomic E-state index is 14.0. The van der Waals surface area contributed by atoms with Gasteiger partial charge in [-0.2, -0.15) is 4.31 Å². The summed E-state index contributed by atoms with van der Waals surface area (Å²) in [6.45, 7) is 1.28. The van der Waals surface area contributed by atoms with Crippen molar-refractivity contribution >= 4 is 37.9 Å². The first kappa shape index (κ1) is 18.0. The Morgan fingerprint density at radius 3 is 2.45 bits per heavy atom. The highest BCUT2D eigenvalue weighted by Crippen LogP contribution is 2.32. The molecule has 0 atom stereocenters. The van der Waals surface area contributed by atoms with Crippen LogP contribution in [0, 0.1) is 5.82 Å². The second kappa shape index (κ2) is 6.78. The molecule has 29 heavy (non-hydrogen) atoms. The van der Waals surface area contributed by atoms with Gasteiger partial charge in [-0.15, -0.1) is 0 Å². The summed E-state index contributed by atoms with van der Waals surface area (Å²) in [5, 5.41) is 0.909. The van der Waals surface area contributed by atoms with Crippen LogP contribution in [0.1, 0.15) is 0 Å². The molecule has 1 aliphatic heterocycles. The maximum atomic E-state index is 14.0. The number of piperazine rings is 1. The first-order chi connectivity index (χ1) is 14.1. The van der Waals surface area contributed by atoms with E-state index in [2.05, 4.69) is 9.97 Å². The summed E-state index contributed by atoms with van der Waals surface area (Å²) in [6, 6.07) is 13.1. The first-order valence-corrected chi connectivity index (χ1v) is 10.6. The highest BCUT2D eigenvalue weighted by Gasteiger charge is 2.31. The zero-order valence-electron chi connectivity index (χ0n) is 15.3. The summed E-state index contributed by atoms with van der Waals surface area (Å²) in [5.41, 5.74) is 2.04. The first-order valence-electron chi connectivity index (χ1n) is 9.17. The quantitative estimate of drug-likeness (QED) is 0.515. The zero-order chi connectivity index (χ0) is 20.0. The van der Waals surface area contributed by atoms with Gasteiger partial charge in [0.1, 0.15) is 28.1 Å². The van der Waals surface area contributed by atoms with Crippen LogP contribution in [0.3, 0.4) is 0 Å². The lowest BCUT2D eigenvalue weighted by atomic mass is 10.2. The van der Waals surface area contributed by atoms with Crippen LogP contribution in [-0.4, -0.2) is 48.9 Å². The molecular weight excluding hydrogens is 395 g/mol. The van der Waals surface area contributed by atoms with E-state index in [1.807, 2.05) is 29.2 Å². The molecule has 0 unspecified atom stereocenters. The molecule has 4 aromatic rings. The molecule has 0 bridgehead atoms. The van der Waals surface area contributed by atoms with Crippen molar-refractivity contribution in [2.45, 2.75) is 4.90 Å². The Bertz CT molecular complexity index is 1310. The number of sulfonamides is 1. The van der Waals surface area contributed by atoms with Gasteiger partial charge in [-0.1, -0.05) is 24.3 Å². The number of benzene rings is 2. The molecular formula is C20H17FN4O3S. The molecule has 2 aromatic carbocycles. The Morgan fingerprint density at radius 1 is 0.931 bits per heavy atom. The summed E-state index contributed by atoms with van der Waals surface area (Å²) in [6.07, 6.45) is 1.49. The molecule has 7 nitrogen and oxygen atoms in total. The molecule has 1 saturated heterocycles. The zero-order valence-corrected chi connectivity index (χ0v) is 16.1. The molecule has 0 amide bonds. The van der Waals surface area contributed by atoms with Crippen LogP contribution in [0.2, 0.25) is 0 Å². The van der Waals surface area contributed by atoms with E-state index in [1.54, 1.807) is 0 Å². The fourth-order valence-corrected chi connectivity index (χ4v) is 5.16. The Kier molecular flexibility index (Phi) is 4.21. The van der Waals surface area contributed by atoms with Crippen LogP contribution >= 0.6 is 0 Å². The molecule has 9 heteroatoms. The van der Waals surface area contributed by atoms with Gasteiger partial charge < -0.3 is 9.32 Å². The highest BCUT2D eigenvalue weighted by atomic mass is 32.2. The topological polar surface area (TPSA) is 79.5 Å². The molecule has 0 aliphatic carbocycles. The Hall–Kier alpha value is -3.04. The van der Waals surface area contributed by atoms with Crippen LogP contribution in [0.15, 0.2) is 64.2 Å². The lowest BCUT2D eigenvalue weighted by molar-refractivity contribution is 0.381. The van der Waals surface area contributed by atoms with Gasteiger partial charge in [0, 0.05) is 31.6 Å². The average molecular weight is 412 g/mol. The molecule has 1 fully saturated rings. The van der Waals surface area contributed by atoms with E-state index in [0.717, 1.165) is 22.6 Å². The number of rotatable bonds is 3. The number of halogens is 1. The van der Waals surface area contributed by atoms with Gasteiger partial charge in [-0.3, -0.25) is 0 Å². The number of furan rings is 1. The Labute approximate surface area is 166 Å². The third-order valence-electron chi connectivity index (χ3n) is 5.13. The SMILES string of the molecule is O=S(=O)(c1ccccc1F)N1CCN(c2ncnc3c2oc2ccccc23)CC1. The van der Waals surface area contributed by atoms with Crippen molar-refractivity contribution in [3.63, 3.8) is 0 Å². The maximum Gasteiger partial charge on any atom is 0.246 e. The molecule has 0 N–H and O–H groups in total. The van der Waals surface area contributed by atoms with E-state index in [1.165, 1.54) is 28.8 Å². The van der Waals surface area contributed by atoms with Crippen molar-refractivity contribution in [2.75, 3.05) is 31.1 Å². The van der Waals surface area contributed by atoms with Crippen molar-refractivity contribution in [1.29, 1.82) is 0 Å². The van der Waals surface area contributed by atoms with E-state index in [9.17, 15) is 12.8 Å². The normalized spacial score (nSPS) is 16.0. The molecule has 5 rings (SSSR count). The average Bonchev–Trinajstić information content (AvgIpc) is 3.13. The number of hydrogen-bond donors (Lipinski definition) is 0. The smallest absolute Gasteiger partial charge is 0.246 e. The van der Waals surface area contributed by atoms with Crippen molar-refractivity contribution in [3.8, 4) is 0 Å². The van der Waals surface area contributed by atoms with Gasteiger partial charge in [0.15, 0.2) is 11.4 Å². The van der Waals surface area contributed by atoms with E-state index in [-0.39, 0.29) is 18.0 Å². The standard InChI is InChI=1S/C20H17FN4O3S/c21-15-6-2-4-8-17(15)29(26,27)25-11-9-24(10-12-25)20-19-18(22-13-23-20)14-5-1-3-7-16(14)28-19/h1-8,13H,9-12H2. The van der Waals surface area contributed by atoms with Crippen molar-refractivity contribution < 1.29 is 17.2 Å². The summed E-state index contributed by atoms with van der Waals surface area (Å²) < 4.78 is 46.9. The van der Waals surface area contributed by atoms with E-state index < -0.39 is 15.8 Å². The predicted octanol–water partition coefficient (Wildman–Crippen LogP) is 3.03. The molecule has 3 heterocycles. The van der Waals surface area contributed by atoms with Crippen molar-refractivity contribution in [1.82, 2.24) is 14.3 Å². The second-order valence-corrected chi connectivity index (χ2v) is 8.70. The van der Waals surface area contributed by atoms with Crippen LogP contribution in [0.5, 0.6) is 0 Å². The van der Waals surface area contributed by atoms with E-state index in [4.69, 9.17) is 4.42 Å². The minimum atomic E-state index is -3.89. The van der Waals surface area contributed by atoms with Crippen LogP contribution < -0.4 is 4.90 Å². The Morgan fingerprint density at radius 2 is 1.66 bits per heavy atom. The summed E-state index contributed by atoms with van der Waals surface area (Å²) in [7, 11) is -3.89. The van der Waals surface area contributed by atoms with Gasteiger partial charge in [-0.25, -0.2) is 22.8 Å². The molecule has 0 spiro atoms. The second-order valence-electron chi connectivity index (χ2n) is 6.79. The Balaban J connectivity index is 1.43. The van der Waals surface area contributed by atoms with Gasteiger partial charge in [0.05, 0.1) is 0 Å². The summed E-state index contributed by atoms with van der Waals surface area (Å²) in [5.74, 6) is -0.108. The molecule has 0 radical (unpaired) electrons. The largest absolute Gasteiger partial charge is 0.450 e. The van der Waals surface area contributed by atoms with Crippen molar-refractivity contribution in [2.24, 2.45) is 0 Å². The number of hydrogen-bond acceptors (Lipinski definition) is 6. The number of para-hydroxylation sites is 1. The monoisotopic (exact) mass is 412 g/mol. The molecule has 2 aromatic heterocycles.